The first-order valence-corrected chi connectivity index (χ1v) is 14.4. The molecule has 0 aliphatic carbocycles. The summed E-state index contributed by atoms with van der Waals surface area (Å²) >= 11 is 0. The largest absolute Gasteiger partial charge is 0.487 e. The van der Waals surface area contributed by atoms with Gasteiger partial charge in [-0.3, -0.25) is 9.97 Å². The van der Waals surface area contributed by atoms with Crippen molar-refractivity contribution in [3.8, 4) is 45.8 Å². The number of aromatic amines is 2. The summed E-state index contributed by atoms with van der Waals surface area (Å²) in [5.41, 5.74) is 5.14. The van der Waals surface area contributed by atoms with Gasteiger partial charge in [0.15, 0.2) is 23.0 Å². The number of ether oxygens (including phenoxy) is 6. The maximum absolute atomic E-state index is 6.09. The number of pyridine rings is 2. The summed E-state index contributed by atoms with van der Waals surface area (Å²) in [5.74, 6) is 3.84. The van der Waals surface area contributed by atoms with Gasteiger partial charge >= 0.3 is 0 Å². The fraction of sp³-hybridized carbons (Fsp3) is 0.250. The van der Waals surface area contributed by atoms with Crippen LogP contribution in [0.15, 0.2) is 73.3 Å². The molecule has 0 radical (unpaired) electrons. The van der Waals surface area contributed by atoms with Crippen LogP contribution < -0.4 is 18.9 Å². The minimum Gasteiger partial charge on any atom is -0.487 e. The van der Waals surface area contributed by atoms with E-state index in [4.69, 9.17) is 28.4 Å². The van der Waals surface area contributed by atoms with E-state index in [1.54, 1.807) is 24.8 Å². The van der Waals surface area contributed by atoms with Crippen LogP contribution in [-0.2, 0) is 9.47 Å². The molecule has 44 heavy (non-hydrogen) atoms. The second-order valence-electron chi connectivity index (χ2n) is 9.90. The van der Waals surface area contributed by atoms with Gasteiger partial charge in [-0.1, -0.05) is 0 Å². The van der Waals surface area contributed by atoms with E-state index in [-0.39, 0.29) is 0 Å². The number of benzene rings is 2. The summed E-state index contributed by atoms with van der Waals surface area (Å²) in [4.78, 5) is 24.3. The lowest BCUT2D eigenvalue weighted by atomic mass is 10.2. The number of rotatable bonds is 2. The van der Waals surface area contributed by atoms with E-state index in [0.29, 0.717) is 75.9 Å². The smallest absolute Gasteiger partial charge is 0.162 e. The van der Waals surface area contributed by atoms with E-state index >= 15 is 0 Å². The molecule has 4 aromatic heterocycles. The Morgan fingerprint density at radius 1 is 0.477 bits per heavy atom. The molecule has 224 valence electrons. The van der Waals surface area contributed by atoms with Crippen molar-refractivity contribution in [3.63, 3.8) is 0 Å². The SMILES string of the molecule is c1cc2nc(-c3ccc4c(c3)OCCOCCOc3cc(-c5nc6ccncc6[nH]5)ccc3OCCOCCO4)[nH]c2cn1. The van der Waals surface area contributed by atoms with Crippen LogP contribution in [0.2, 0.25) is 0 Å². The molecule has 0 saturated carbocycles. The van der Waals surface area contributed by atoms with Crippen LogP contribution in [0.5, 0.6) is 23.0 Å². The van der Waals surface area contributed by atoms with Gasteiger partial charge in [0, 0.05) is 23.5 Å². The molecule has 12 nitrogen and oxygen atoms in total. The van der Waals surface area contributed by atoms with Gasteiger partial charge in [0.2, 0.25) is 0 Å². The summed E-state index contributed by atoms with van der Waals surface area (Å²) in [6, 6.07) is 15.2. The molecular weight excluding hydrogens is 564 g/mol. The van der Waals surface area contributed by atoms with Crippen LogP contribution >= 0.6 is 0 Å². The Labute approximate surface area is 252 Å². The quantitative estimate of drug-likeness (QED) is 0.287. The number of H-pyrrole nitrogens is 2. The predicted molar refractivity (Wildman–Crippen MR) is 162 cm³/mol. The molecule has 1 aliphatic heterocycles. The number of nitrogens with zero attached hydrogens (tertiary/aromatic N) is 4. The lowest BCUT2D eigenvalue weighted by Gasteiger charge is -2.16. The van der Waals surface area contributed by atoms with Crippen molar-refractivity contribution < 1.29 is 28.4 Å². The van der Waals surface area contributed by atoms with E-state index in [1.165, 1.54) is 0 Å². The Bertz CT molecular complexity index is 1670. The minimum atomic E-state index is 0.325. The van der Waals surface area contributed by atoms with Crippen molar-refractivity contribution in [3.05, 3.63) is 73.3 Å². The topological polar surface area (TPSA) is 139 Å². The van der Waals surface area contributed by atoms with Crippen LogP contribution in [0.3, 0.4) is 0 Å². The van der Waals surface area contributed by atoms with Gasteiger partial charge in [-0.15, -0.1) is 0 Å². The summed E-state index contributed by atoms with van der Waals surface area (Å²) in [6.07, 6.45) is 6.94. The Morgan fingerprint density at radius 2 is 0.909 bits per heavy atom. The van der Waals surface area contributed by atoms with Crippen LogP contribution in [0.25, 0.3) is 44.8 Å². The van der Waals surface area contributed by atoms with Crippen LogP contribution in [0.4, 0.5) is 0 Å². The van der Waals surface area contributed by atoms with Gasteiger partial charge < -0.3 is 38.4 Å². The average Bonchev–Trinajstić information content (AvgIpc) is 3.69. The molecule has 0 fully saturated rings. The molecule has 6 aromatic rings. The maximum atomic E-state index is 6.09. The first-order valence-electron chi connectivity index (χ1n) is 14.4. The van der Waals surface area contributed by atoms with Crippen molar-refractivity contribution in [1.29, 1.82) is 0 Å². The summed E-state index contributed by atoms with van der Waals surface area (Å²) in [7, 11) is 0. The highest BCUT2D eigenvalue weighted by Gasteiger charge is 2.14. The fourth-order valence-corrected chi connectivity index (χ4v) is 4.81. The third kappa shape index (κ3) is 6.26. The van der Waals surface area contributed by atoms with Crippen molar-refractivity contribution in [2.45, 2.75) is 0 Å². The Morgan fingerprint density at radius 3 is 1.34 bits per heavy atom. The van der Waals surface area contributed by atoms with Crippen LogP contribution in [0.1, 0.15) is 0 Å². The Kier molecular flexibility index (Phi) is 8.15. The zero-order chi connectivity index (χ0) is 29.6. The van der Waals surface area contributed by atoms with Gasteiger partial charge in [0.1, 0.15) is 38.1 Å². The van der Waals surface area contributed by atoms with Crippen molar-refractivity contribution >= 4 is 22.1 Å². The highest BCUT2D eigenvalue weighted by molar-refractivity contribution is 5.79. The van der Waals surface area contributed by atoms with E-state index in [9.17, 15) is 0 Å². The average molecular weight is 595 g/mol. The van der Waals surface area contributed by atoms with Crippen LogP contribution in [-0.4, -0.2) is 82.8 Å². The van der Waals surface area contributed by atoms with E-state index in [2.05, 4.69) is 29.9 Å². The third-order valence-corrected chi connectivity index (χ3v) is 6.94. The zero-order valence-electron chi connectivity index (χ0n) is 23.8. The first kappa shape index (κ1) is 27.6. The van der Waals surface area contributed by atoms with E-state index < -0.39 is 0 Å². The van der Waals surface area contributed by atoms with Gasteiger partial charge in [-0.2, -0.15) is 0 Å². The molecule has 0 atom stereocenters. The second-order valence-corrected chi connectivity index (χ2v) is 9.90. The highest BCUT2D eigenvalue weighted by atomic mass is 16.6. The fourth-order valence-electron chi connectivity index (χ4n) is 4.81. The molecule has 2 N–H and O–H groups in total. The molecule has 0 saturated heterocycles. The number of aromatic nitrogens is 6. The molecule has 5 heterocycles. The highest BCUT2D eigenvalue weighted by Crippen LogP contribution is 2.34. The molecule has 0 spiro atoms. The number of fused-ring (bicyclic) bond motifs is 4. The van der Waals surface area contributed by atoms with Crippen molar-refractivity contribution in [2.75, 3.05) is 52.9 Å². The van der Waals surface area contributed by atoms with Gasteiger partial charge in [-0.05, 0) is 48.5 Å². The molecular formula is C32H30N6O6. The number of hydrogen-bond donors (Lipinski definition) is 2. The molecule has 7 rings (SSSR count). The Hall–Kier alpha value is -5.20. The van der Waals surface area contributed by atoms with E-state index in [0.717, 1.165) is 44.8 Å². The summed E-state index contributed by atoms with van der Waals surface area (Å²) in [6.45, 7) is 2.83. The molecule has 2 aromatic carbocycles. The summed E-state index contributed by atoms with van der Waals surface area (Å²) < 4.78 is 35.8. The Balaban J connectivity index is 1.03. The standard InChI is InChI=1S/C32H30N6O6/c1-3-27-29(17-21(1)31-35-23-5-7-33-19-25(23)37-31)43-15-11-40-12-16-44-30-18-22(32-36-24-6-8-34-20-26(24)38-32)2-4-28(30)42-14-10-39-9-13-41-27/h1-8,17-20H,9-16H2,(H,35,37)(H,36,38). The lowest BCUT2D eigenvalue weighted by molar-refractivity contribution is 0.0640. The normalized spacial score (nSPS) is 15.1. The lowest BCUT2D eigenvalue weighted by Crippen LogP contribution is -2.15. The maximum Gasteiger partial charge on any atom is 0.162 e. The number of nitrogens with one attached hydrogen (secondary N) is 2. The third-order valence-electron chi connectivity index (χ3n) is 6.94. The molecule has 1 aliphatic rings. The van der Waals surface area contributed by atoms with Gasteiger partial charge in [0.05, 0.1) is 60.9 Å². The predicted octanol–water partition coefficient (Wildman–Crippen LogP) is 4.83. The number of imidazole rings is 2. The van der Waals surface area contributed by atoms with Crippen molar-refractivity contribution in [2.24, 2.45) is 0 Å². The van der Waals surface area contributed by atoms with Gasteiger partial charge in [0.25, 0.3) is 0 Å². The summed E-state index contributed by atoms with van der Waals surface area (Å²) in [5, 5.41) is 0. The minimum absolute atomic E-state index is 0.325. The number of hydrogen-bond acceptors (Lipinski definition) is 10. The monoisotopic (exact) mass is 594 g/mol. The van der Waals surface area contributed by atoms with Crippen LogP contribution in [0, 0.1) is 0 Å². The van der Waals surface area contributed by atoms with Crippen molar-refractivity contribution in [1.82, 2.24) is 29.9 Å². The second kappa shape index (κ2) is 13.0. The zero-order valence-corrected chi connectivity index (χ0v) is 23.8. The molecule has 12 heteroatoms. The van der Waals surface area contributed by atoms with Gasteiger partial charge in [-0.25, -0.2) is 9.97 Å². The van der Waals surface area contributed by atoms with E-state index in [1.807, 2.05) is 48.5 Å². The first-order chi connectivity index (χ1) is 21.8. The molecule has 0 amide bonds. The molecule has 0 bridgehead atoms. The molecule has 0 unspecified atom stereocenters.